The lowest BCUT2D eigenvalue weighted by Gasteiger charge is -2.17. The monoisotopic (exact) mass is 402 g/mol. The summed E-state index contributed by atoms with van der Waals surface area (Å²) >= 11 is 0. The van der Waals surface area contributed by atoms with Gasteiger partial charge in [0.1, 0.15) is 36.6 Å². The highest BCUT2D eigenvalue weighted by Gasteiger charge is 2.16. The van der Waals surface area contributed by atoms with Crippen molar-refractivity contribution in [2.24, 2.45) is 0 Å². The Bertz CT molecular complexity index is 1120. The average Bonchev–Trinajstić information content (AvgIpc) is 3.11. The molecule has 3 aromatic carbocycles. The minimum Gasteiger partial charge on any atom is -0.491 e. The van der Waals surface area contributed by atoms with Gasteiger partial charge in [-0.2, -0.15) is 0 Å². The van der Waals surface area contributed by atoms with Crippen LogP contribution in [-0.2, 0) is 13.2 Å². The van der Waals surface area contributed by atoms with Gasteiger partial charge in [0.2, 0.25) is 0 Å². The Morgan fingerprint density at radius 3 is 2.50 bits per heavy atom. The number of hydrogen-bond acceptors (Lipinski definition) is 4. The van der Waals surface area contributed by atoms with E-state index in [9.17, 15) is 5.11 Å². The molecule has 1 heterocycles. The first-order chi connectivity index (χ1) is 14.6. The van der Waals surface area contributed by atoms with Gasteiger partial charge in [-0.1, -0.05) is 42.5 Å². The first-order valence-corrected chi connectivity index (χ1v) is 10.1. The van der Waals surface area contributed by atoms with Crippen LogP contribution >= 0.6 is 0 Å². The molecule has 4 aromatic rings. The lowest BCUT2D eigenvalue weighted by molar-refractivity contribution is 0.0914. The number of fused-ring (bicyclic) bond motifs is 1. The number of nitrogens with zero attached hydrogens (tertiary/aromatic N) is 2. The topological polar surface area (TPSA) is 56.5 Å². The Kier molecular flexibility index (Phi) is 6.00. The molecule has 1 atom stereocenters. The predicted octanol–water partition coefficient (Wildman–Crippen LogP) is 4.67. The number of aryl methyl sites for hydroxylation is 1. The number of para-hydroxylation sites is 3. The van der Waals surface area contributed by atoms with E-state index in [2.05, 4.69) is 13.0 Å². The zero-order valence-corrected chi connectivity index (χ0v) is 17.3. The van der Waals surface area contributed by atoms with Crippen LogP contribution in [0.3, 0.4) is 0 Å². The second kappa shape index (κ2) is 9.01. The molecule has 0 saturated heterocycles. The third-order valence-electron chi connectivity index (χ3n) is 5.22. The molecule has 0 bridgehead atoms. The summed E-state index contributed by atoms with van der Waals surface area (Å²) in [6, 6.07) is 23.5. The third-order valence-corrected chi connectivity index (χ3v) is 5.22. The van der Waals surface area contributed by atoms with E-state index >= 15 is 0 Å². The van der Waals surface area contributed by atoms with Gasteiger partial charge in [-0.25, -0.2) is 4.98 Å². The normalized spacial score (nSPS) is 12.1. The van der Waals surface area contributed by atoms with Gasteiger partial charge in [0.25, 0.3) is 0 Å². The van der Waals surface area contributed by atoms with Crippen LogP contribution in [0, 0.1) is 13.8 Å². The number of hydrogen-bond donors (Lipinski definition) is 1. The van der Waals surface area contributed by atoms with Crippen LogP contribution in [0.15, 0.2) is 72.8 Å². The standard InChI is InChI=1S/C25H26N2O3/c1-18-9-8-14-24(19(18)2)30-16-20(28)15-27-23-13-7-6-12-22(23)26-25(27)17-29-21-10-4-3-5-11-21/h3-14,20,28H,15-17H2,1-2H3/t20-/m1/s1. The molecule has 30 heavy (non-hydrogen) atoms. The van der Waals surface area contributed by atoms with Gasteiger partial charge in [0.05, 0.1) is 17.6 Å². The van der Waals surface area contributed by atoms with E-state index in [1.807, 2.05) is 78.2 Å². The molecular formula is C25H26N2O3. The third kappa shape index (κ3) is 4.47. The van der Waals surface area contributed by atoms with Gasteiger partial charge < -0.3 is 19.1 Å². The highest BCUT2D eigenvalue weighted by atomic mass is 16.5. The quantitative estimate of drug-likeness (QED) is 0.465. The molecule has 0 aliphatic carbocycles. The summed E-state index contributed by atoms with van der Waals surface area (Å²) in [5.74, 6) is 2.36. The van der Waals surface area contributed by atoms with E-state index in [0.29, 0.717) is 13.2 Å². The summed E-state index contributed by atoms with van der Waals surface area (Å²) in [5, 5.41) is 10.7. The molecule has 1 aromatic heterocycles. The Morgan fingerprint density at radius 1 is 0.900 bits per heavy atom. The molecule has 0 amide bonds. The summed E-state index contributed by atoms with van der Waals surface area (Å²) in [7, 11) is 0. The molecule has 154 valence electrons. The molecule has 4 rings (SSSR count). The van der Waals surface area contributed by atoms with Crippen LogP contribution in [0.5, 0.6) is 11.5 Å². The van der Waals surface area contributed by atoms with E-state index in [4.69, 9.17) is 14.5 Å². The number of aliphatic hydroxyl groups excluding tert-OH is 1. The predicted molar refractivity (Wildman–Crippen MR) is 118 cm³/mol. The smallest absolute Gasteiger partial charge is 0.148 e. The lowest BCUT2D eigenvalue weighted by Crippen LogP contribution is -2.25. The minimum absolute atomic E-state index is 0.204. The minimum atomic E-state index is -0.682. The van der Waals surface area contributed by atoms with Crippen LogP contribution in [-0.4, -0.2) is 27.4 Å². The zero-order valence-electron chi connectivity index (χ0n) is 17.3. The molecule has 0 fully saturated rings. The van der Waals surface area contributed by atoms with E-state index in [0.717, 1.165) is 33.9 Å². The summed E-state index contributed by atoms with van der Waals surface area (Å²) < 4.78 is 13.8. The molecular weight excluding hydrogens is 376 g/mol. The number of imidazole rings is 1. The fourth-order valence-corrected chi connectivity index (χ4v) is 3.43. The molecule has 0 aliphatic heterocycles. The highest BCUT2D eigenvalue weighted by molar-refractivity contribution is 5.75. The van der Waals surface area contributed by atoms with E-state index < -0.39 is 6.10 Å². The van der Waals surface area contributed by atoms with Crippen molar-refractivity contribution in [3.63, 3.8) is 0 Å². The number of benzene rings is 3. The van der Waals surface area contributed by atoms with Gasteiger partial charge >= 0.3 is 0 Å². The second-order valence-electron chi connectivity index (χ2n) is 7.39. The van der Waals surface area contributed by atoms with Gasteiger partial charge in [-0.15, -0.1) is 0 Å². The van der Waals surface area contributed by atoms with Crippen molar-refractivity contribution in [1.29, 1.82) is 0 Å². The number of aliphatic hydroxyl groups is 1. The van der Waals surface area contributed by atoms with Crippen LogP contribution in [0.2, 0.25) is 0 Å². The molecule has 0 saturated carbocycles. The maximum absolute atomic E-state index is 10.7. The van der Waals surface area contributed by atoms with Gasteiger partial charge in [-0.05, 0) is 55.3 Å². The SMILES string of the molecule is Cc1cccc(OC[C@H](O)Cn2c(COc3ccccc3)nc3ccccc32)c1C. The maximum atomic E-state index is 10.7. The van der Waals surface area contributed by atoms with Crippen molar-refractivity contribution in [1.82, 2.24) is 9.55 Å². The number of rotatable bonds is 8. The van der Waals surface area contributed by atoms with Crippen molar-refractivity contribution >= 4 is 11.0 Å². The van der Waals surface area contributed by atoms with Crippen molar-refractivity contribution in [2.45, 2.75) is 33.1 Å². The molecule has 5 nitrogen and oxygen atoms in total. The van der Waals surface area contributed by atoms with Crippen molar-refractivity contribution < 1.29 is 14.6 Å². The van der Waals surface area contributed by atoms with E-state index in [1.165, 1.54) is 5.56 Å². The average molecular weight is 402 g/mol. The first-order valence-electron chi connectivity index (χ1n) is 10.1. The second-order valence-corrected chi connectivity index (χ2v) is 7.39. The van der Waals surface area contributed by atoms with Gasteiger partial charge in [0, 0.05) is 0 Å². The largest absolute Gasteiger partial charge is 0.491 e. The van der Waals surface area contributed by atoms with Crippen molar-refractivity contribution in [2.75, 3.05) is 6.61 Å². The maximum Gasteiger partial charge on any atom is 0.148 e. The van der Waals surface area contributed by atoms with E-state index in [1.54, 1.807) is 0 Å². The summed E-state index contributed by atoms with van der Waals surface area (Å²) in [4.78, 5) is 4.71. The van der Waals surface area contributed by atoms with Crippen LogP contribution in [0.25, 0.3) is 11.0 Å². The molecule has 1 N–H and O–H groups in total. The Labute approximate surface area is 176 Å². The molecule has 0 aliphatic rings. The van der Waals surface area contributed by atoms with Crippen LogP contribution in [0.1, 0.15) is 17.0 Å². The van der Waals surface area contributed by atoms with E-state index in [-0.39, 0.29) is 6.61 Å². The summed E-state index contributed by atoms with van der Waals surface area (Å²) in [6.07, 6.45) is -0.682. The molecule has 0 radical (unpaired) electrons. The Morgan fingerprint density at radius 2 is 1.67 bits per heavy atom. The van der Waals surface area contributed by atoms with Crippen LogP contribution in [0.4, 0.5) is 0 Å². The fraction of sp³-hybridized carbons (Fsp3) is 0.240. The zero-order chi connectivity index (χ0) is 20.9. The van der Waals surface area contributed by atoms with Gasteiger partial charge in [0.15, 0.2) is 0 Å². The first kappa shape index (κ1) is 20.0. The molecule has 0 unspecified atom stereocenters. The van der Waals surface area contributed by atoms with Crippen molar-refractivity contribution in [3.8, 4) is 11.5 Å². The summed E-state index contributed by atoms with van der Waals surface area (Å²) in [5.41, 5.74) is 4.11. The number of aromatic nitrogens is 2. The van der Waals surface area contributed by atoms with Gasteiger partial charge in [-0.3, -0.25) is 0 Å². The van der Waals surface area contributed by atoms with Crippen molar-refractivity contribution in [3.05, 3.63) is 89.7 Å². The number of ether oxygens (including phenoxy) is 2. The highest BCUT2D eigenvalue weighted by Crippen LogP contribution is 2.22. The lowest BCUT2D eigenvalue weighted by atomic mass is 10.1. The Hall–Kier alpha value is -3.31. The molecule has 5 heteroatoms. The molecule has 0 spiro atoms. The summed E-state index contributed by atoms with van der Waals surface area (Å²) in [6.45, 7) is 4.98. The Balaban J connectivity index is 1.49. The fourth-order valence-electron chi connectivity index (χ4n) is 3.43. The van der Waals surface area contributed by atoms with Crippen LogP contribution < -0.4 is 9.47 Å².